The second-order valence-electron chi connectivity index (χ2n) is 4.76. The molecule has 0 aliphatic carbocycles. The van der Waals surface area contributed by atoms with E-state index in [4.69, 9.17) is 23.2 Å². The quantitative estimate of drug-likeness (QED) is 0.835. The van der Waals surface area contributed by atoms with Gasteiger partial charge < -0.3 is 9.47 Å². The van der Waals surface area contributed by atoms with Crippen molar-refractivity contribution in [3.63, 3.8) is 0 Å². The van der Waals surface area contributed by atoms with Crippen molar-refractivity contribution in [1.82, 2.24) is 9.47 Å². The number of hydrogen-bond acceptors (Lipinski definition) is 1. The van der Waals surface area contributed by atoms with E-state index >= 15 is 0 Å². The molecule has 1 heterocycles. The summed E-state index contributed by atoms with van der Waals surface area (Å²) >= 11 is 12.1. The Hall–Kier alpha value is -1.45. The minimum Gasteiger partial charge on any atom is -0.347 e. The average molecular weight is 311 g/mol. The molecule has 0 radical (unpaired) electrons. The van der Waals surface area contributed by atoms with E-state index in [1.807, 2.05) is 32.3 Å². The Bertz CT molecular complexity index is 637. The Balaban J connectivity index is 2.26. The van der Waals surface area contributed by atoms with Crippen molar-refractivity contribution in [1.29, 1.82) is 0 Å². The fraction of sp³-hybridized carbons (Fsp3) is 0.267. The third-order valence-corrected chi connectivity index (χ3v) is 4.04. The predicted octanol–water partition coefficient (Wildman–Crippen LogP) is 4.17. The van der Waals surface area contributed by atoms with Crippen molar-refractivity contribution >= 4 is 29.1 Å². The van der Waals surface area contributed by atoms with Gasteiger partial charge >= 0.3 is 0 Å². The van der Waals surface area contributed by atoms with Crippen LogP contribution in [0.1, 0.15) is 29.0 Å². The number of aromatic nitrogens is 1. The van der Waals surface area contributed by atoms with E-state index in [9.17, 15) is 4.79 Å². The van der Waals surface area contributed by atoms with Crippen molar-refractivity contribution < 1.29 is 4.79 Å². The highest BCUT2D eigenvalue weighted by Gasteiger charge is 2.22. The Labute approximate surface area is 128 Å². The fourth-order valence-corrected chi connectivity index (χ4v) is 2.66. The van der Waals surface area contributed by atoms with Crippen LogP contribution in [-0.4, -0.2) is 22.4 Å². The van der Waals surface area contributed by atoms with Gasteiger partial charge in [-0.15, -0.1) is 0 Å². The summed E-state index contributed by atoms with van der Waals surface area (Å²) in [4.78, 5) is 14.1. The highest BCUT2D eigenvalue weighted by atomic mass is 35.5. The number of halogens is 2. The van der Waals surface area contributed by atoms with Crippen molar-refractivity contribution in [3.8, 4) is 0 Å². The molecule has 0 fully saturated rings. The summed E-state index contributed by atoms with van der Waals surface area (Å²) in [6.45, 7) is 1.94. The van der Waals surface area contributed by atoms with E-state index in [0.717, 1.165) is 5.56 Å². The van der Waals surface area contributed by atoms with Crippen LogP contribution in [0.25, 0.3) is 0 Å². The lowest BCUT2D eigenvalue weighted by Gasteiger charge is -2.26. The van der Waals surface area contributed by atoms with Crippen molar-refractivity contribution in [3.05, 3.63) is 57.8 Å². The smallest absolute Gasteiger partial charge is 0.270 e. The summed E-state index contributed by atoms with van der Waals surface area (Å²) in [5.74, 6) is -0.0454. The van der Waals surface area contributed by atoms with E-state index in [1.54, 1.807) is 34.7 Å². The van der Waals surface area contributed by atoms with Crippen molar-refractivity contribution in [2.24, 2.45) is 7.05 Å². The molecule has 0 bridgehead atoms. The first-order valence-electron chi connectivity index (χ1n) is 6.25. The predicted molar refractivity (Wildman–Crippen MR) is 82.4 cm³/mol. The maximum atomic E-state index is 12.5. The van der Waals surface area contributed by atoms with Crippen molar-refractivity contribution in [2.45, 2.75) is 13.0 Å². The average Bonchev–Trinajstić information content (AvgIpc) is 2.82. The molecule has 1 atom stereocenters. The Morgan fingerprint density at radius 2 is 2.00 bits per heavy atom. The maximum absolute atomic E-state index is 12.5. The SMILES string of the molecule is CC(c1ccc(Cl)cc1Cl)N(C)C(=O)c1cccn1C. The summed E-state index contributed by atoms with van der Waals surface area (Å²) in [7, 11) is 3.62. The van der Waals surface area contributed by atoms with Crippen LogP contribution in [0.5, 0.6) is 0 Å². The summed E-state index contributed by atoms with van der Waals surface area (Å²) in [6, 6.07) is 8.83. The zero-order valence-corrected chi connectivity index (χ0v) is 13.1. The van der Waals surface area contributed by atoms with Gasteiger partial charge in [-0.25, -0.2) is 0 Å². The highest BCUT2D eigenvalue weighted by molar-refractivity contribution is 6.35. The fourth-order valence-electron chi connectivity index (χ4n) is 2.09. The molecule has 0 spiro atoms. The molecule has 1 unspecified atom stereocenters. The van der Waals surface area contributed by atoms with Gasteiger partial charge in [-0.2, -0.15) is 0 Å². The van der Waals surface area contributed by atoms with Gasteiger partial charge in [0, 0.05) is 30.3 Å². The lowest BCUT2D eigenvalue weighted by atomic mass is 10.1. The molecule has 3 nitrogen and oxygen atoms in total. The number of hydrogen-bond donors (Lipinski definition) is 0. The monoisotopic (exact) mass is 310 g/mol. The molecule has 0 saturated carbocycles. The number of aryl methyl sites for hydroxylation is 1. The van der Waals surface area contributed by atoms with Crippen LogP contribution in [-0.2, 0) is 7.05 Å². The van der Waals surface area contributed by atoms with Crippen LogP contribution < -0.4 is 0 Å². The molecule has 0 aliphatic rings. The van der Waals surface area contributed by atoms with E-state index in [1.165, 1.54) is 0 Å². The van der Waals surface area contributed by atoms with Gasteiger partial charge in [0.2, 0.25) is 0 Å². The molecule has 5 heteroatoms. The van der Waals surface area contributed by atoms with Gasteiger partial charge in [0.25, 0.3) is 5.91 Å². The van der Waals surface area contributed by atoms with Gasteiger partial charge in [0.15, 0.2) is 0 Å². The third kappa shape index (κ3) is 2.84. The molecule has 2 rings (SSSR count). The summed E-state index contributed by atoms with van der Waals surface area (Å²) < 4.78 is 1.80. The van der Waals surface area contributed by atoms with Crippen LogP contribution in [0.4, 0.5) is 0 Å². The lowest BCUT2D eigenvalue weighted by Crippen LogP contribution is -2.31. The third-order valence-electron chi connectivity index (χ3n) is 3.48. The maximum Gasteiger partial charge on any atom is 0.270 e. The molecule has 1 amide bonds. The standard InChI is InChI=1S/C15H16Cl2N2O/c1-10(12-7-6-11(16)9-13(12)17)19(3)15(20)14-5-4-8-18(14)2/h4-10H,1-3H3. The van der Waals surface area contributed by atoms with Crippen LogP contribution >= 0.6 is 23.2 Å². The Kier molecular flexibility index (Phi) is 4.41. The molecule has 0 saturated heterocycles. The zero-order valence-electron chi connectivity index (χ0n) is 11.6. The number of benzene rings is 1. The normalized spacial score (nSPS) is 12.2. The van der Waals surface area contributed by atoms with Gasteiger partial charge in [-0.05, 0) is 36.8 Å². The highest BCUT2D eigenvalue weighted by Crippen LogP contribution is 2.29. The molecule has 0 aliphatic heterocycles. The number of rotatable bonds is 3. The largest absolute Gasteiger partial charge is 0.347 e. The Morgan fingerprint density at radius 1 is 1.30 bits per heavy atom. The number of carbonyl (C=O) groups is 1. The van der Waals surface area contributed by atoms with Crippen molar-refractivity contribution in [2.75, 3.05) is 7.05 Å². The zero-order chi connectivity index (χ0) is 14.9. The molecular formula is C15H16Cl2N2O. The van der Waals surface area contributed by atoms with Gasteiger partial charge in [-0.1, -0.05) is 29.3 Å². The minimum atomic E-state index is -0.137. The number of nitrogens with zero attached hydrogens (tertiary/aromatic N) is 2. The number of carbonyl (C=O) groups excluding carboxylic acids is 1. The number of amides is 1. The molecule has 0 N–H and O–H groups in total. The van der Waals surface area contributed by atoms with E-state index in [2.05, 4.69) is 0 Å². The molecule has 1 aromatic carbocycles. The van der Waals surface area contributed by atoms with Gasteiger partial charge in [-0.3, -0.25) is 4.79 Å². The first-order valence-corrected chi connectivity index (χ1v) is 7.01. The topological polar surface area (TPSA) is 25.2 Å². The van der Waals surface area contributed by atoms with Crippen LogP contribution in [0.3, 0.4) is 0 Å². The Morgan fingerprint density at radius 3 is 2.55 bits per heavy atom. The second-order valence-corrected chi connectivity index (χ2v) is 5.61. The minimum absolute atomic E-state index is 0.0454. The van der Waals surface area contributed by atoms with Crippen LogP contribution in [0, 0.1) is 0 Å². The van der Waals surface area contributed by atoms with Crippen LogP contribution in [0.2, 0.25) is 10.0 Å². The van der Waals surface area contributed by atoms with Gasteiger partial charge in [0.1, 0.15) is 5.69 Å². The van der Waals surface area contributed by atoms with E-state index in [0.29, 0.717) is 15.7 Å². The lowest BCUT2D eigenvalue weighted by molar-refractivity contribution is 0.0733. The molecule has 106 valence electrons. The second kappa shape index (κ2) is 5.90. The molecule has 20 heavy (non-hydrogen) atoms. The van der Waals surface area contributed by atoms with Gasteiger partial charge in [0.05, 0.1) is 6.04 Å². The summed E-state index contributed by atoms with van der Waals surface area (Å²) in [6.07, 6.45) is 1.85. The van der Waals surface area contributed by atoms with E-state index in [-0.39, 0.29) is 11.9 Å². The summed E-state index contributed by atoms with van der Waals surface area (Å²) in [5, 5.41) is 1.15. The van der Waals surface area contributed by atoms with Crippen LogP contribution in [0.15, 0.2) is 36.5 Å². The summed E-state index contributed by atoms with van der Waals surface area (Å²) in [5.41, 5.74) is 1.52. The van der Waals surface area contributed by atoms with E-state index < -0.39 is 0 Å². The molecular weight excluding hydrogens is 295 g/mol. The first kappa shape index (κ1) is 14.9. The first-order chi connectivity index (χ1) is 9.41. The molecule has 2 aromatic rings. The molecule has 1 aromatic heterocycles.